The first-order chi connectivity index (χ1) is 13.4. The molecule has 1 aliphatic heterocycles. The third kappa shape index (κ3) is 6.83. The quantitative estimate of drug-likeness (QED) is 0.290. The summed E-state index contributed by atoms with van der Waals surface area (Å²) in [7, 11) is 1.94. The number of aliphatic imine (C=N–C) groups is 1. The molecule has 0 saturated carbocycles. The van der Waals surface area contributed by atoms with Gasteiger partial charge in [-0.05, 0) is 31.5 Å². The van der Waals surface area contributed by atoms with E-state index in [-0.39, 0.29) is 63.3 Å². The van der Waals surface area contributed by atoms with Gasteiger partial charge in [0.1, 0.15) is 23.1 Å². The summed E-state index contributed by atoms with van der Waals surface area (Å²) in [6.45, 7) is 5.30. The smallest absolute Gasteiger partial charge is 0.560 e. The topological polar surface area (TPSA) is 69.4 Å². The van der Waals surface area contributed by atoms with Crippen LogP contribution in [0.2, 0.25) is 0 Å². The van der Waals surface area contributed by atoms with E-state index in [1.54, 1.807) is 12.3 Å². The van der Waals surface area contributed by atoms with Crippen LogP contribution in [0.1, 0.15) is 46.3 Å². The Kier molecular flexibility index (Phi) is 9.19. The Bertz CT molecular complexity index is 954. The number of hydrogen-bond acceptors (Lipinski definition) is 5. The van der Waals surface area contributed by atoms with Gasteiger partial charge in [0.15, 0.2) is 0 Å². The predicted octanol–water partition coefficient (Wildman–Crippen LogP) is 0.684. The molecule has 0 aliphatic carbocycles. The maximum absolute atomic E-state index is 13.3. The first-order valence-electron chi connectivity index (χ1n) is 8.75. The SMILES string of the molecule is CC(F)c1ncc(C(=O)Nc2cccc(C(C)N[C-]=CN=C3C=[N+](C)[CH-]3)c2)s1.[K+]. The van der Waals surface area contributed by atoms with Crippen molar-refractivity contribution in [2.24, 2.45) is 4.99 Å². The molecule has 0 fully saturated rings. The molecule has 3 rings (SSSR count). The number of anilines is 1. The van der Waals surface area contributed by atoms with Gasteiger partial charge in [-0.1, -0.05) is 12.1 Å². The Morgan fingerprint density at radius 3 is 2.86 bits per heavy atom. The fourth-order valence-corrected chi connectivity index (χ4v) is 3.22. The van der Waals surface area contributed by atoms with Crippen molar-refractivity contribution in [2.45, 2.75) is 26.1 Å². The minimum Gasteiger partial charge on any atom is -0.560 e. The summed E-state index contributed by atoms with van der Waals surface area (Å²) in [5, 5.41) is 6.25. The maximum Gasteiger partial charge on any atom is 1.00 e. The van der Waals surface area contributed by atoms with E-state index in [4.69, 9.17) is 0 Å². The van der Waals surface area contributed by atoms with Gasteiger partial charge < -0.3 is 26.4 Å². The summed E-state index contributed by atoms with van der Waals surface area (Å²) >= 11 is 1.06. The van der Waals surface area contributed by atoms with E-state index in [0.717, 1.165) is 22.6 Å². The summed E-state index contributed by atoms with van der Waals surface area (Å²) in [6, 6.07) is 7.48. The van der Waals surface area contributed by atoms with Crippen molar-refractivity contribution < 1.29 is 65.1 Å². The number of rotatable bonds is 7. The number of nitrogens with one attached hydrogen (secondary N) is 2. The van der Waals surface area contributed by atoms with E-state index in [2.05, 4.69) is 26.8 Å². The van der Waals surface area contributed by atoms with Gasteiger partial charge in [-0.3, -0.25) is 4.79 Å². The Balaban J connectivity index is 0.00000300. The second-order valence-corrected chi connectivity index (χ2v) is 7.44. The average Bonchev–Trinajstić information content (AvgIpc) is 3.14. The van der Waals surface area contributed by atoms with Crippen LogP contribution in [0.25, 0.3) is 0 Å². The van der Waals surface area contributed by atoms with Crippen molar-refractivity contribution in [3.05, 3.63) is 64.9 Å². The molecule has 6 nitrogen and oxygen atoms in total. The summed E-state index contributed by atoms with van der Waals surface area (Å²) in [4.78, 5) is 20.9. The minimum absolute atomic E-state index is 0. The normalized spacial score (nSPS) is 16.3. The Labute approximate surface area is 216 Å². The second-order valence-electron chi connectivity index (χ2n) is 6.38. The zero-order valence-electron chi connectivity index (χ0n) is 16.8. The van der Waals surface area contributed by atoms with Crippen LogP contribution in [-0.2, 0) is 0 Å². The summed E-state index contributed by atoms with van der Waals surface area (Å²) in [5.41, 5.74) is 2.53. The largest absolute Gasteiger partial charge is 1.00 e. The number of hydrogen-bond donors (Lipinski definition) is 2. The van der Waals surface area contributed by atoms with Crippen LogP contribution in [0.4, 0.5) is 10.1 Å². The Morgan fingerprint density at radius 2 is 2.21 bits per heavy atom. The first-order valence-corrected chi connectivity index (χ1v) is 9.57. The van der Waals surface area contributed by atoms with E-state index in [9.17, 15) is 9.18 Å². The van der Waals surface area contributed by atoms with Gasteiger partial charge in [0.25, 0.3) is 5.91 Å². The molecule has 146 valence electrons. The van der Waals surface area contributed by atoms with E-state index in [1.807, 2.05) is 49.5 Å². The van der Waals surface area contributed by atoms with Gasteiger partial charge in [-0.25, -0.2) is 9.37 Å². The molecule has 1 aromatic carbocycles. The van der Waals surface area contributed by atoms with Gasteiger partial charge in [0, 0.05) is 11.7 Å². The molecule has 0 bridgehead atoms. The molecular weight excluding hydrogens is 416 g/mol. The van der Waals surface area contributed by atoms with Crippen LogP contribution >= 0.6 is 11.3 Å². The maximum atomic E-state index is 13.3. The first kappa shape index (κ1) is 23.9. The van der Waals surface area contributed by atoms with Gasteiger partial charge in [0.05, 0.1) is 24.7 Å². The van der Waals surface area contributed by atoms with Crippen LogP contribution in [0.5, 0.6) is 0 Å². The molecule has 2 atom stereocenters. The summed E-state index contributed by atoms with van der Waals surface area (Å²) in [6.07, 6.45) is 6.66. The average molecular weight is 438 g/mol. The van der Waals surface area contributed by atoms with Crippen LogP contribution in [0, 0.1) is 12.7 Å². The third-order valence-corrected chi connectivity index (χ3v) is 5.13. The molecule has 0 saturated heterocycles. The third-order valence-electron chi connectivity index (χ3n) is 3.98. The standard InChI is InChI=1S/C20H21FN5OS.K/c1-13(21)20-24-10-18(28-20)19(27)25-16-6-4-5-15(9-16)14(2)22-7-8-23-17-11-26(3)12-17;/h4-6,8-14,22H,1-3H3,(H,25,27);/q-1;+1. The number of thiazole rings is 1. The zero-order chi connectivity index (χ0) is 20.1. The van der Waals surface area contributed by atoms with Crippen molar-refractivity contribution in [1.29, 1.82) is 0 Å². The van der Waals surface area contributed by atoms with Crippen LogP contribution < -0.4 is 62.0 Å². The van der Waals surface area contributed by atoms with Crippen LogP contribution in [0.15, 0.2) is 41.7 Å². The molecule has 0 spiro atoms. The summed E-state index contributed by atoms with van der Waals surface area (Å²) in [5.74, 6) is -0.303. The van der Waals surface area contributed by atoms with Crippen LogP contribution in [-0.4, -0.2) is 34.4 Å². The zero-order valence-corrected chi connectivity index (χ0v) is 20.7. The molecule has 1 amide bonds. The molecule has 2 heterocycles. The van der Waals surface area contributed by atoms with Crippen molar-refractivity contribution in [3.8, 4) is 0 Å². The van der Waals surface area contributed by atoms with Gasteiger partial charge in [0.2, 0.25) is 0 Å². The molecule has 1 aliphatic rings. The molecular formula is C20H21FKN5OS. The fraction of sp³-hybridized carbons (Fsp3) is 0.250. The minimum atomic E-state index is -1.18. The molecule has 2 aromatic rings. The number of carbonyl (C=O) groups is 1. The van der Waals surface area contributed by atoms with Gasteiger partial charge in [-0.15, -0.1) is 17.5 Å². The molecule has 1 aromatic heterocycles. The molecule has 9 heteroatoms. The van der Waals surface area contributed by atoms with Crippen molar-refractivity contribution >= 4 is 34.9 Å². The predicted molar refractivity (Wildman–Crippen MR) is 109 cm³/mol. The fourth-order valence-electron chi connectivity index (χ4n) is 2.48. The summed E-state index contributed by atoms with van der Waals surface area (Å²) < 4.78 is 15.2. The van der Waals surface area contributed by atoms with E-state index >= 15 is 0 Å². The Morgan fingerprint density at radius 1 is 1.45 bits per heavy atom. The number of carbonyl (C=O) groups excluding carboxylic acids is 1. The van der Waals surface area contributed by atoms with E-state index < -0.39 is 6.17 Å². The number of alkyl halides is 1. The monoisotopic (exact) mass is 437 g/mol. The Hall–Kier alpha value is -1.36. The number of aromatic nitrogens is 1. The number of nitrogens with zero attached hydrogens (tertiary/aromatic N) is 3. The van der Waals surface area contributed by atoms with E-state index in [0.29, 0.717) is 15.6 Å². The van der Waals surface area contributed by atoms with Crippen molar-refractivity contribution in [2.75, 3.05) is 12.4 Å². The second kappa shape index (κ2) is 11.1. The molecule has 2 unspecified atom stereocenters. The van der Waals surface area contributed by atoms with Gasteiger partial charge >= 0.3 is 51.4 Å². The number of amides is 1. The molecule has 0 radical (unpaired) electrons. The molecule has 2 N–H and O–H groups in total. The molecule has 29 heavy (non-hydrogen) atoms. The number of benzene rings is 1. The van der Waals surface area contributed by atoms with Gasteiger partial charge in [-0.2, -0.15) is 0 Å². The van der Waals surface area contributed by atoms with Crippen LogP contribution in [0.3, 0.4) is 0 Å². The van der Waals surface area contributed by atoms with E-state index in [1.165, 1.54) is 13.1 Å². The number of halogens is 1. The van der Waals surface area contributed by atoms with Crippen molar-refractivity contribution in [3.63, 3.8) is 0 Å². The van der Waals surface area contributed by atoms with Crippen molar-refractivity contribution in [1.82, 2.24) is 10.3 Å².